The van der Waals surface area contributed by atoms with Gasteiger partial charge in [0.05, 0.1) is 20.8 Å². The van der Waals surface area contributed by atoms with Gasteiger partial charge in [-0.05, 0) is 36.6 Å². The van der Waals surface area contributed by atoms with E-state index in [1.54, 1.807) is 14.2 Å². The van der Waals surface area contributed by atoms with Gasteiger partial charge < -0.3 is 14.4 Å². The van der Waals surface area contributed by atoms with Gasteiger partial charge in [-0.25, -0.2) is 4.79 Å². The summed E-state index contributed by atoms with van der Waals surface area (Å²) in [6, 6.07) is 14.4. The minimum absolute atomic E-state index is 0.0355. The van der Waals surface area contributed by atoms with Crippen LogP contribution in [0.15, 0.2) is 60.3 Å². The number of allylic oxidation sites excluding steroid dienone is 2. The second kappa shape index (κ2) is 11.2. The molecule has 1 saturated heterocycles. The summed E-state index contributed by atoms with van der Waals surface area (Å²) in [5.41, 5.74) is 4.17. The fourth-order valence-electron chi connectivity index (χ4n) is 5.29. The highest BCUT2D eigenvalue weighted by atomic mass is 16.5. The van der Waals surface area contributed by atoms with Gasteiger partial charge in [0.2, 0.25) is 0 Å². The summed E-state index contributed by atoms with van der Waals surface area (Å²) in [7, 11) is 5.26. The molecule has 6 heteroatoms. The van der Waals surface area contributed by atoms with Crippen molar-refractivity contribution >= 4 is 12.1 Å². The van der Waals surface area contributed by atoms with Crippen LogP contribution in [0.4, 0.5) is 4.79 Å². The predicted octanol–water partition coefficient (Wildman–Crippen LogP) is 5.54. The third-order valence-corrected chi connectivity index (χ3v) is 7.15. The molecule has 0 N–H and O–H groups in total. The van der Waals surface area contributed by atoms with E-state index in [1.807, 2.05) is 35.0 Å². The first-order chi connectivity index (χ1) is 17.3. The highest BCUT2D eigenvalue weighted by Crippen LogP contribution is 2.43. The Morgan fingerprint density at radius 2 is 1.81 bits per heavy atom. The normalized spacial score (nSPS) is 18.8. The Labute approximate surface area is 215 Å². The first-order valence-electron chi connectivity index (χ1n) is 12.8. The van der Waals surface area contributed by atoms with Gasteiger partial charge in [-0.1, -0.05) is 62.4 Å². The third-order valence-electron chi connectivity index (χ3n) is 7.15. The summed E-state index contributed by atoms with van der Waals surface area (Å²) in [5.74, 6) is 1.54. The molecule has 36 heavy (non-hydrogen) atoms. The molecule has 2 heterocycles. The van der Waals surface area contributed by atoms with E-state index in [0.717, 1.165) is 60.8 Å². The van der Waals surface area contributed by atoms with Crippen molar-refractivity contribution in [3.63, 3.8) is 0 Å². The predicted molar refractivity (Wildman–Crippen MR) is 145 cm³/mol. The van der Waals surface area contributed by atoms with Crippen LogP contribution < -0.4 is 9.47 Å². The molecule has 2 aromatic rings. The van der Waals surface area contributed by atoms with E-state index in [9.17, 15) is 4.79 Å². The molecular formula is C30H39N3O3. The number of benzene rings is 2. The molecule has 192 valence electrons. The Bertz CT molecular complexity index is 1120. The Kier molecular flexibility index (Phi) is 8.04. The number of fused-ring (bicyclic) bond motifs is 2. The minimum Gasteiger partial charge on any atom is -0.497 e. The number of rotatable bonds is 5. The van der Waals surface area contributed by atoms with Gasteiger partial charge in [0.1, 0.15) is 11.5 Å². The summed E-state index contributed by atoms with van der Waals surface area (Å²) in [6.07, 6.45) is 8.49. The van der Waals surface area contributed by atoms with Crippen molar-refractivity contribution in [3.8, 4) is 11.5 Å². The van der Waals surface area contributed by atoms with Crippen LogP contribution >= 0.6 is 0 Å². The van der Waals surface area contributed by atoms with E-state index in [2.05, 4.69) is 61.2 Å². The maximum Gasteiger partial charge on any atom is 0.324 e. The Hall–Kier alpha value is -3.25. The molecule has 0 unspecified atom stereocenters. The van der Waals surface area contributed by atoms with Crippen LogP contribution in [0.3, 0.4) is 0 Å². The van der Waals surface area contributed by atoms with E-state index >= 15 is 0 Å². The van der Waals surface area contributed by atoms with Crippen molar-refractivity contribution in [1.29, 1.82) is 0 Å². The van der Waals surface area contributed by atoms with Gasteiger partial charge in [0.25, 0.3) is 0 Å². The zero-order valence-corrected chi connectivity index (χ0v) is 22.3. The monoisotopic (exact) mass is 489 g/mol. The van der Waals surface area contributed by atoms with Crippen molar-refractivity contribution < 1.29 is 14.3 Å². The number of amides is 2. The number of carbonyl (C=O) groups excluding carboxylic acids is 1. The maximum atomic E-state index is 13.7. The summed E-state index contributed by atoms with van der Waals surface area (Å²) in [5, 5.41) is 0. The van der Waals surface area contributed by atoms with Crippen LogP contribution in [0.1, 0.15) is 43.4 Å². The molecule has 0 aromatic heterocycles. The molecule has 0 bridgehead atoms. The van der Waals surface area contributed by atoms with Crippen molar-refractivity contribution in [3.05, 3.63) is 77.0 Å². The first kappa shape index (κ1) is 25.8. The largest absolute Gasteiger partial charge is 0.497 e. The summed E-state index contributed by atoms with van der Waals surface area (Å²) in [6.45, 7) is 8.28. The van der Waals surface area contributed by atoms with Crippen LogP contribution in [0, 0.1) is 0 Å². The first-order valence-corrected chi connectivity index (χ1v) is 12.8. The highest BCUT2D eigenvalue weighted by molar-refractivity contribution is 5.77. The number of nitrogens with zero attached hydrogens (tertiary/aromatic N) is 3. The molecule has 1 fully saturated rings. The SMILES string of the molecule is COc1cc2c(c(OC)c1)C(C)(C)C=C1CCCN(C/C=C/c3ccccc3)CCN(C)C(=O)N1C2. The Morgan fingerprint density at radius 3 is 2.53 bits per heavy atom. The van der Waals surface area contributed by atoms with Crippen LogP contribution in [-0.2, 0) is 12.0 Å². The summed E-state index contributed by atoms with van der Waals surface area (Å²) >= 11 is 0. The van der Waals surface area contributed by atoms with Gasteiger partial charge in [-0.3, -0.25) is 9.80 Å². The van der Waals surface area contributed by atoms with Crippen LogP contribution in [0.5, 0.6) is 11.5 Å². The number of hydrogen-bond acceptors (Lipinski definition) is 4. The third kappa shape index (κ3) is 5.76. The van der Waals surface area contributed by atoms with E-state index < -0.39 is 0 Å². The molecule has 4 rings (SSSR count). The molecule has 2 aliphatic rings. The molecule has 0 radical (unpaired) electrons. The number of methoxy groups -OCH3 is 2. The molecule has 2 aliphatic heterocycles. The van der Waals surface area contributed by atoms with Gasteiger partial charge in [0.15, 0.2) is 0 Å². The number of hydrogen-bond donors (Lipinski definition) is 0. The molecule has 0 spiro atoms. The van der Waals surface area contributed by atoms with Crippen LogP contribution in [0.25, 0.3) is 6.08 Å². The second-order valence-corrected chi connectivity index (χ2v) is 10.2. The van der Waals surface area contributed by atoms with Gasteiger partial charge in [-0.15, -0.1) is 0 Å². The summed E-state index contributed by atoms with van der Waals surface area (Å²) in [4.78, 5) is 19.9. The Morgan fingerprint density at radius 1 is 1.03 bits per heavy atom. The van der Waals surface area contributed by atoms with E-state index in [0.29, 0.717) is 13.1 Å². The minimum atomic E-state index is -0.294. The average molecular weight is 490 g/mol. The van der Waals surface area contributed by atoms with Crippen molar-refractivity contribution in [2.45, 2.75) is 38.6 Å². The second-order valence-electron chi connectivity index (χ2n) is 10.2. The molecule has 6 nitrogen and oxygen atoms in total. The zero-order valence-electron chi connectivity index (χ0n) is 22.3. The number of urea groups is 1. The van der Waals surface area contributed by atoms with Gasteiger partial charge in [-0.2, -0.15) is 0 Å². The molecule has 0 aliphatic carbocycles. The van der Waals surface area contributed by atoms with Crippen LogP contribution in [0.2, 0.25) is 0 Å². The van der Waals surface area contributed by atoms with E-state index in [1.165, 1.54) is 5.56 Å². The lowest BCUT2D eigenvalue weighted by Gasteiger charge is -2.33. The maximum absolute atomic E-state index is 13.7. The van der Waals surface area contributed by atoms with Crippen molar-refractivity contribution in [2.24, 2.45) is 0 Å². The molecule has 0 atom stereocenters. The summed E-state index contributed by atoms with van der Waals surface area (Å²) < 4.78 is 11.3. The molecule has 0 saturated carbocycles. The van der Waals surface area contributed by atoms with Crippen molar-refractivity contribution in [2.75, 3.05) is 47.4 Å². The lowest BCUT2D eigenvalue weighted by atomic mass is 9.80. The Balaban J connectivity index is 1.58. The zero-order chi connectivity index (χ0) is 25.7. The average Bonchev–Trinajstić information content (AvgIpc) is 2.99. The topological polar surface area (TPSA) is 45.3 Å². The fourth-order valence-corrected chi connectivity index (χ4v) is 5.29. The van der Waals surface area contributed by atoms with E-state index in [-0.39, 0.29) is 11.4 Å². The number of carbonyl (C=O) groups is 1. The standard InChI is InChI=1S/C30H39N3O3/c1-30(2)21-25-14-10-16-32(15-9-13-23-11-7-6-8-12-23)18-17-31(3)29(34)33(25)22-24-19-26(35-4)20-27(36-5)28(24)30/h6-9,11-13,19-21H,10,14-18,22H2,1-5H3/b13-9+. The van der Waals surface area contributed by atoms with Crippen molar-refractivity contribution in [1.82, 2.24) is 14.7 Å². The molecular weight excluding hydrogens is 450 g/mol. The lowest BCUT2D eigenvalue weighted by molar-refractivity contribution is 0.159. The number of likely N-dealkylation sites (N-methyl/N-ethyl adjacent to an activating group) is 1. The fraction of sp³-hybridized carbons (Fsp3) is 0.433. The molecule has 2 amide bonds. The van der Waals surface area contributed by atoms with Gasteiger partial charge >= 0.3 is 6.03 Å². The number of ether oxygens (including phenoxy) is 2. The van der Waals surface area contributed by atoms with E-state index in [4.69, 9.17) is 9.47 Å². The smallest absolute Gasteiger partial charge is 0.324 e. The quantitative estimate of drug-likeness (QED) is 0.553. The molecule has 2 aromatic carbocycles. The van der Waals surface area contributed by atoms with Crippen LogP contribution in [-0.4, -0.2) is 68.2 Å². The lowest BCUT2D eigenvalue weighted by Crippen LogP contribution is -2.44. The highest BCUT2D eigenvalue weighted by Gasteiger charge is 2.35. The van der Waals surface area contributed by atoms with Gasteiger partial charge in [0, 0.05) is 49.4 Å².